The van der Waals surface area contributed by atoms with Gasteiger partial charge in [0.1, 0.15) is 0 Å². The maximum atomic E-state index is 5.09. The first-order valence-corrected chi connectivity index (χ1v) is 5.32. The Balaban J connectivity index is 2.21. The highest BCUT2D eigenvalue weighted by atomic mass is 79.9. The van der Waals surface area contributed by atoms with Crippen LogP contribution < -0.4 is 5.32 Å². The molecule has 1 N–H and O–H groups in total. The molecule has 0 fully saturated rings. The van der Waals surface area contributed by atoms with Crippen molar-refractivity contribution in [3.8, 4) is 12.3 Å². The van der Waals surface area contributed by atoms with E-state index in [9.17, 15) is 0 Å². The number of hydrogen-bond acceptors (Lipinski definition) is 2. The third-order valence-corrected chi connectivity index (χ3v) is 3.09. The van der Waals surface area contributed by atoms with Gasteiger partial charge in [-0.15, -0.1) is 17.8 Å². The van der Waals surface area contributed by atoms with Gasteiger partial charge in [0.2, 0.25) is 0 Å². The quantitative estimate of drug-likeness (QED) is 0.633. The van der Waals surface area contributed by atoms with Crippen molar-refractivity contribution in [1.82, 2.24) is 5.32 Å². The minimum atomic E-state index is 0.659. The summed E-state index contributed by atoms with van der Waals surface area (Å²) in [7, 11) is 0. The standard InChI is InChI=1S/C9H10BrNS/c1-2-6-11-7-5-8-3-4-9(10)12-8/h1,3-4,11H,5-7H2. The van der Waals surface area contributed by atoms with Gasteiger partial charge in [0, 0.05) is 11.4 Å². The van der Waals surface area contributed by atoms with E-state index in [1.54, 1.807) is 11.3 Å². The van der Waals surface area contributed by atoms with Crippen molar-refractivity contribution in [1.29, 1.82) is 0 Å². The molecule has 0 aliphatic rings. The molecule has 0 bridgehead atoms. The summed E-state index contributed by atoms with van der Waals surface area (Å²) in [6, 6.07) is 4.20. The zero-order chi connectivity index (χ0) is 8.81. The Bertz CT molecular complexity index is 274. The van der Waals surface area contributed by atoms with E-state index >= 15 is 0 Å². The summed E-state index contributed by atoms with van der Waals surface area (Å²) in [6.07, 6.45) is 6.15. The Morgan fingerprint density at radius 2 is 2.42 bits per heavy atom. The van der Waals surface area contributed by atoms with Gasteiger partial charge < -0.3 is 5.32 Å². The highest BCUT2D eigenvalue weighted by Crippen LogP contribution is 2.21. The number of rotatable bonds is 4. The number of thiophene rings is 1. The van der Waals surface area contributed by atoms with Gasteiger partial charge in [-0.1, -0.05) is 5.92 Å². The summed E-state index contributed by atoms with van der Waals surface area (Å²) < 4.78 is 1.19. The first kappa shape index (κ1) is 9.79. The Morgan fingerprint density at radius 3 is 3.00 bits per heavy atom. The van der Waals surface area contributed by atoms with E-state index in [0.717, 1.165) is 13.0 Å². The molecular weight excluding hydrogens is 234 g/mol. The molecule has 1 heterocycles. The van der Waals surface area contributed by atoms with Gasteiger partial charge in [0.25, 0.3) is 0 Å². The van der Waals surface area contributed by atoms with Crippen molar-refractivity contribution in [3.05, 3.63) is 20.8 Å². The van der Waals surface area contributed by atoms with Gasteiger partial charge in [-0.3, -0.25) is 0 Å². The van der Waals surface area contributed by atoms with Crippen molar-refractivity contribution in [3.63, 3.8) is 0 Å². The average Bonchev–Trinajstić information content (AvgIpc) is 2.45. The summed E-state index contributed by atoms with van der Waals surface area (Å²) >= 11 is 5.19. The Morgan fingerprint density at radius 1 is 1.58 bits per heavy atom. The molecule has 0 aliphatic carbocycles. The predicted molar refractivity (Wildman–Crippen MR) is 57.4 cm³/mol. The van der Waals surface area contributed by atoms with E-state index in [0.29, 0.717) is 6.54 Å². The molecule has 0 spiro atoms. The van der Waals surface area contributed by atoms with Gasteiger partial charge in [-0.25, -0.2) is 0 Å². The molecule has 1 rings (SSSR count). The fourth-order valence-corrected chi connectivity index (χ4v) is 2.34. The first-order chi connectivity index (χ1) is 5.83. The van der Waals surface area contributed by atoms with Gasteiger partial charge in [0.15, 0.2) is 0 Å². The van der Waals surface area contributed by atoms with Crippen molar-refractivity contribution in [2.45, 2.75) is 6.42 Å². The zero-order valence-electron chi connectivity index (χ0n) is 6.64. The lowest BCUT2D eigenvalue weighted by Crippen LogP contribution is -2.16. The monoisotopic (exact) mass is 243 g/mol. The normalized spacial score (nSPS) is 9.67. The summed E-state index contributed by atoms with van der Waals surface area (Å²) in [6.45, 7) is 1.61. The van der Waals surface area contributed by atoms with Gasteiger partial charge in [0.05, 0.1) is 10.3 Å². The second kappa shape index (κ2) is 5.36. The maximum absolute atomic E-state index is 5.09. The van der Waals surface area contributed by atoms with Gasteiger partial charge in [-0.05, 0) is 34.5 Å². The molecule has 1 aromatic rings. The Hall–Kier alpha value is -0.300. The highest BCUT2D eigenvalue weighted by molar-refractivity contribution is 9.11. The molecule has 0 aliphatic heterocycles. The molecule has 0 aromatic carbocycles. The van der Waals surface area contributed by atoms with Gasteiger partial charge >= 0.3 is 0 Å². The minimum absolute atomic E-state index is 0.659. The molecule has 0 saturated carbocycles. The molecule has 0 saturated heterocycles. The van der Waals surface area contributed by atoms with Crippen LogP contribution in [0.25, 0.3) is 0 Å². The highest BCUT2D eigenvalue weighted by Gasteiger charge is 1.95. The van der Waals surface area contributed by atoms with Crippen LogP contribution in [0.5, 0.6) is 0 Å². The Kier molecular flexibility index (Phi) is 4.37. The van der Waals surface area contributed by atoms with E-state index in [1.807, 2.05) is 0 Å². The average molecular weight is 244 g/mol. The molecule has 0 atom stereocenters. The third kappa shape index (κ3) is 3.40. The van der Waals surface area contributed by atoms with Crippen LogP contribution in [0, 0.1) is 12.3 Å². The second-order valence-corrected chi connectivity index (χ2v) is 4.88. The molecule has 12 heavy (non-hydrogen) atoms. The lowest BCUT2D eigenvalue weighted by molar-refractivity contribution is 0.759. The smallest absolute Gasteiger partial charge is 0.0701 e. The van der Waals surface area contributed by atoms with E-state index in [1.165, 1.54) is 8.66 Å². The van der Waals surface area contributed by atoms with Gasteiger partial charge in [-0.2, -0.15) is 0 Å². The largest absolute Gasteiger partial charge is 0.306 e. The van der Waals surface area contributed by atoms with Crippen LogP contribution in [0.15, 0.2) is 15.9 Å². The van der Waals surface area contributed by atoms with Crippen LogP contribution >= 0.6 is 27.3 Å². The van der Waals surface area contributed by atoms with E-state index in [4.69, 9.17) is 6.42 Å². The SMILES string of the molecule is C#CCNCCc1ccc(Br)s1. The van der Waals surface area contributed by atoms with Crippen molar-refractivity contribution in [2.24, 2.45) is 0 Å². The fraction of sp³-hybridized carbons (Fsp3) is 0.333. The lowest BCUT2D eigenvalue weighted by atomic mass is 10.3. The van der Waals surface area contributed by atoms with Crippen LogP contribution in [-0.2, 0) is 6.42 Å². The number of nitrogens with one attached hydrogen (secondary N) is 1. The van der Waals surface area contributed by atoms with Crippen LogP contribution in [0.3, 0.4) is 0 Å². The number of hydrogen-bond donors (Lipinski definition) is 1. The lowest BCUT2D eigenvalue weighted by Gasteiger charge is -1.96. The molecule has 3 heteroatoms. The minimum Gasteiger partial charge on any atom is -0.306 e. The molecule has 1 aromatic heterocycles. The first-order valence-electron chi connectivity index (χ1n) is 3.71. The van der Waals surface area contributed by atoms with Crippen molar-refractivity contribution < 1.29 is 0 Å². The molecule has 0 unspecified atom stereocenters. The van der Waals surface area contributed by atoms with Crippen molar-refractivity contribution in [2.75, 3.05) is 13.1 Å². The van der Waals surface area contributed by atoms with E-state index in [-0.39, 0.29) is 0 Å². The fourth-order valence-electron chi connectivity index (χ4n) is 0.858. The molecular formula is C9H10BrNS. The maximum Gasteiger partial charge on any atom is 0.0701 e. The topological polar surface area (TPSA) is 12.0 Å². The van der Waals surface area contributed by atoms with E-state index in [2.05, 4.69) is 39.3 Å². The molecule has 1 nitrogen and oxygen atoms in total. The molecule has 0 radical (unpaired) electrons. The van der Waals surface area contributed by atoms with Crippen molar-refractivity contribution >= 4 is 27.3 Å². The summed E-state index contributed by atoms with van der Waals surface area (Å²) in [4.78, 5) is 1.38. The van der Waals surface area contributed by atoms with Crippen LogP contribution in [0.4, 0.5) is 0 Å². The summed E-state index contributed by atoms with van der Waals surface area (Å²) in [5.41, 5.74) is 0. The number of halogens is 1. The van der Waals surface area contributed by atoms with E-state index < -0.39 is 0 Å². The van der Waals surface area contributed by atoms with Crippen LogP contribution in [-0.4, -0.2) is 13.1 Å². The summed E-state index contributed by atoms with van der Waals surface area (Å²) in [5.74, 6) is 2.54. The zero-order valence-corrected chi connectivity index (χ0v) is 9.04. The van der Waals surface area contributed by atoms with Crippen LogP contribution in [0.1, 0.15) is 4.88 Å². The molecule has 0 amide bonds. The third-order valence-electron chi connectivity index (χ3n) is 1.40. The van der Waals surface area contributed by atoms with Crippen LogP contribution in [0.2, 0.25) is 0 Å². The Labute approximate surface area is 85.3 Å². The second-order valence-electron chi connectivity index (χ2n) is 2.34. The summed E-state index contributed by atoms with van der Waals surface area (Å²) in [5, 5.41) is 3.15. The number of terminal acetylenes is 1. The predicted octanol–water partition coefficient (Wildman–Crippen LogP) is 2.28. The molecule has 64 valence electrons.